The summed E-state index contributed by atoms with van der Waals surface area (Å²) in [5.74, 6) is 4.88. The summed E-state index contributed by atoms with van der Waals surface area (Å²) in [5.41, 5.74) is -4.27. The fourth-order valence-corrected chi connectivity index (χ4v) is 2.38. The zero-order valence-corrected chi connectivity index (χ0v) is 11.9. The number of carbonyl (C=O) groups excluding carboxylic acids is 1. The van der Waals surface area contributed by atoms with Gasteiger partial charge in [0.1, 0.15) is 0 Å². The number of aliphatic hydroxyl groups is 1. The largest absolute Gasteiger partial charge is 0.441 e. The van der Waals surface area contributed by atoms with Crippen molar-refractivity contribution >= 4 is 29.0 Å². The number of carbonyl (C=O) groups is 1. The van der Waals surface area contributed by atoms with Crippen molar-refractivity contribution in [3.05, 3.63) is 21.9 Å². The monoisotopic (exact) mass is 323 g/mol. The summed E-state index contributed by atoms with van der Waals surface area (Å²) >= 11 is 0.991. The molecule has 0 bridgehead atoms. The third kappa shape index (κ3) is 6.84. The number of thiophene rings is 1. The first-order valence-corrected chi connectivity index (χ1v) is 7.41. The minimum Gasteiger partial charge on any atom is -0.395 e. The Morgan fingerprint density at radius 3 is 2.85 bits per heavy atom. The van der Waals surface area contributed by atoms with Crippen LogP contribution in [-0.4, -0.2) is 35.4 Å². The Hall–Kier alpha value is -1.17. The Labute approximate surface area is 122 Å². The quantitative estimate of drug-likeness (QED) is 0.646. The van der Waals surface area contributed by atoms with E-state index in [-0.39, 0.29) is 30.7 Å². The molecule has 0 aliphatic rings. The second-order valence-corrected chi connectivity index (χ2v) is 5.73. The van der Waals surface area contributed by atoms with Crippen LogP contribution in [0.25, 0.3) is 0 Å². The van der Waals surface area contributed by atoms with Gasteiger partial charge in [0, 0.05) is 18.7 Å². The SMILES string of the molecule is O=C(NCCSC(F)(F)F)c1ccc(C#CCCO)s1. The van der Waals surface area contributed by atoms with Crippen LogP contribution in [-0.2, 0) is 0 Å². The average Bonchev–Trinajstić information content (AvgIpc) is 2.82. The van der Waals surface area contributed by atoms with Gasteiger partial charge in [-0.15, -0.1) is 11.3 Å². The van der Waals surface area contributed by atoms with Crippen molar-refractivity contribution in [2.45, 2.75) is 11.9 Å². The molecular weight excluding hydrogens is 311 g/mol. The average molecular weight is 323 g/mol. The van der Waals surface area contributed by atoms with Gasteiger partial charge in [0.2, 0.25) is 0 Å². The molecule has 1 heterocycles. The summed E-state index contributed by atoms with van der Waals surface area (Å²) in [4.78, 5) is 12.7. The van der Waals surface area contributed by atoms with Crippen molar-refractivity contribution in [2.24, 2.45) is 0 Å². The van der Waals surface area contributed by atoms with Crippen molar-refractivity contribution in [1.29, 1.82) is 0 Å². The Bertz CT molecular complexity index is 503. The molecule has 1 aromatic rings. The molecule has 0 saturated heterocycles. The maximum atomic E-state index is 11.9. The van der Waals surface area contributed by atoms with Crippen LogP contribution in [0.15, 0.2) is 12.1 Å². The fraction of sp³-hybridized carbons (Fsp3) is 0.417. The first-order valence-electron chi connectivity index (χ1n) is 5.61. The van der Waals surface area contributed by atoms with Crippen LogP contribution in [0.4, 0.5) is 13.2 Å². The highest BCUT2D eigenvalue weighted by Crippen LogP contribution is 2.29. The van der Waals surface area contributed by atoms with Gasteiger partial charge in [-0.1, -0.05) is 11.8 Å². The lowest BCUT2D eigenvalue weighted by atomic mass is 10.4. The van der Waals surface area contributed by atoms with E-state index in [2.05, 4.69) is 17.2 Å². The molecule has 0 radical (unpaired) electrons. The number of rotatable bonds is 5. The zero-order chi connectivity index (χ0) is 15.0. The number of nitrogens with one attached hydrogen (secondary N) is 1. The summed E-state index contributed by atoms with van der Waals surface area (Å²) in [6.45, 7) is -0.0744. The second kappa shape index (κ2) is 8.19. The molecule has 0 atom stereocenters. The molecular formula is C12H12F3NO2S2. The molecule has 3 nitrogen and oxygen atoms in total. The molecule has 8 heteroatoms. The summed E-state index contributed by atoms with van der Waals surface area (Å²) < 4.78 is 35.6. The number of hydrogen-bond acceptors (Lipinski definition) is 4. The van der Waals surface area contributed by atoms with Crippen LogP contribution in [0.2, 0.25) is 0 Å². The van der Waals surface area contributed by atoms with E-state index in [1.165, 1.54) is 0 Å². The lowest BCUT2D eigenvalue weighted by Gasteiger charge is -2.05. The van der Waals surface area contributed by atoms with Crippen LogP contribution in [0.5, 0.6) is 0 Å². The Morgan fingerprint density at radius 2 is 2.20 bits per heavy atom. The van der Waals surface area contributed by atoms with Crippen LogP contribution in [0.3, 0.4) is 0 Å². The minimum absolute atomic E-state index is 0.0252. The molecule has 110 valence electrons. The van der Waals surface area contributed by atoms with Crippen molar-refractivity contribution in [3.63, 3.8) is 0 Å². The van der Waals surface area contributed by atoms with Gasteiger partial charge < -0.3 is 10.4 Å². The Kier molecular flexibility index (Phi) is 6.91. The highest BCUT2D eigenvalue weighted by molar-refractivity contribution is 8.00. The Balaban J connectivity index is 2.39. The van der Waals surface area contributed by atoms with E-state index in [1.54, 1.807) is 12.1 Å². The lowest BCUT2D eigenvalue weighted by molar-refractivity contribution is -0.0327. The molecule has 2 N–H and O–H groups in total. The number of halogens is 3. The van der Waals surface area contributed by atoms with Crippen LogP contribution < -0.4 is 5.32 Å². The van der Waals surface area contributed by atoms with Gasteiger partial charge in [0.05, 0.1) is 16.4 Å². The molecule has 0 aliphatic heterocycles. The normalized spacial score (nSPS) is 10.8. The predicted octanol–water partition coefficient (Wildman–Crippen LogP) is 2.46. The van der Waals surface area contributed by atoms with Gasteiger partial charge in [0.15, 0.2) is 0 Å². The van der Waals surface area contributed by atoms with Gasteiger partial charge in [-0.3, -0.25) is 4.79 Å². The predicted molar refractivity (Wildman–Crippen MR) is 73.7 cm³/mol. The molecule has 0 saturated carbocycles. The van der Waals surface area contributed by atoms with E-state index >= 15 is 0 Å². The van der Waals surface area contributed by atoms with E-state index < -0.39 is 11.4 Å². The first-order chi connectivity index (χ1) is 9.42. The molecule has 1 amide bonds. The van der Waals surface area contributed by atoms with E-state index in [9.17, 15) is 18.0 Å². The van der Waals surface area contributed by atoms with Crippen molar-refractivity contribution in [1.82, 2.24) is 5.32 Å². The van der Waals surface area contributed by atoms with Crippen LogP contribution in [0.1, 0.15) is 21.0 Å². The van der Waals surface area contributed by atoms with Crippen molar-refractivity contribution in [2.75, 3.05) is 18.9 Å². The Morgan fingerprint density at radius 1 is 1.45 bits per heavy atom. The van der Waals surface area contributed by atoms with Crippen LogP contribution in [0, 0.1) is 11.8 Å². The number of alkyl halides is 3. The third-order valence-electron chi connectivity index (χ3n) is 1.93. The molecule has 0 aliphatic carbocycles. The van der Waals surface area contributed by atoms with Crippen LogP contribution >= 0.6 is 23.1 Å². The van der Waals surface area contributed by atoms with E-state index in [0.717, 1.165) is 11.3 Å². The summed E-state index contributed by atoms with van der Waals surface area (Å²) in [7, 11) is 0. The molecule has 0 aromatic carbocycles. The minimum atomic E-state index is -4.27. The van der Waals surface area contributed by atoms with Gasteiger partial charge >= 0.3 is 5.51 Å². The molecule has 0 fully saturated rings. The van der Waals surface area contributed by atoms with Crippen molar-refractivity contribution in [3.8, 4) is 11.8 Å². The molecule has 20 heavy (non-hydrogen) atoms. The van der Waals surface area contributed by atoms with Crippen molar-refractivity contribution < 1.29 is 23.1 Å². The maximum Gasteiger partial charge on any atom is 0.441 e. The summed E-state index contributed by atoms with van der Waals surface area (Å²) in [6.07, 6.45) is 0.355. The third-order valence-corrected chi connectivity index (χ3v) is 3.67. The highest BCUT2D eigenvalue weighted by Gasteiger charge is 2.27. The number of hydrogen-bond donors (Lipinski definition) is 2. The zero-order valence-electron chi connectivity index (χ0n) is 10.3. The topological polar surface area (TPSA) is 49.3 Å². The standard InChI is InChI=1S/C12H12F3NO2S2/c13-12(14,15)19-8-6-16-11(18)10-5-4-9(20-10)3-1-2-7-17/h4-5,17H,2,6-8H2,(H,16,18). The number of thioether (sulfide) groups is 1. The number of amides is 1. The second-order valence-electron chi connectivity index (χ2n) is 3.49. The fourth-order valence-electron chi connectivity index (χ4n) is 1.15. The first kappa shape index (κ1) is 16.9. The van der Waals surface area contributed by atoms with E-state index in [1.807, 2.05) is 0 Å². The molecule has 1 rings (SSSR count). The van der Waals surface area contributed by atoms with Gasteiger partial charge in [0.25, 0.3) is 5.91 Å². The van der Waals surface area contributed by atoms with Gasteiger partial charge in [-0.25, -0.2) is 0 Å². The van der Waals surface area contributed by atoms with E-state index in [4.69, 9.17) is 5.11 Å². The maximum absolute atomic E-state index is 11.9. The molecule has 0 unspecified atom stereocenters. The molecule has 1 aromatic heterocycles. The van der Waals surface area contributed by atoms with Gasteiger partial charge in [-0.2, -0.15) is 13.2 Å². The molecule has 0 spiro atoms. The number of aliphatic hydroxyl groups excluding tert-OH is 1. The highest BCUT2D eigenvalue weighted by atomic mass is 32.2. The summed E-state index contributed by atoms with van der Waals surface area (Å²) in [5, 5.41) is 11.0. The smallest absolute Gasteiger partial charge is 0.395 e. The van der Waals surface area contributed by atoms with Gasteiger partial charge in [-0.05, 0) is 23.9 Å². The lowest BCUT2D eigenvalue weighted by Crippen LogP contribution is -2.25. The summed E-state index contributed by atoms with van der Waals surface area (Å²) in [6, 6.07) is 3.23. The van der Waals surface area contributed by atoms with E-state index in [0.29, 0.717) is 16.2 Å².